The molecule has 1 N–H and O–H groups in total. The molecule has 0 saturated carbocycles. The SMILES string of the molecule is COc1ccc(S(=O)(=O)N2CCN(CCNC(=O)Cc3ccccc3)CC2)cc1. The highest BCUT2D eigenvalue weighted by atomic mass is 32.2. The van der Waals surface area contributed by atoms with E-state index in [4.69, 9.17) is 4.74 Å². The fourth-order valence-corrected chi connectivity index (χ4v) is 4.71. The summed E-state index contributed by atoms with van der Waals surface area (Å²) in [6, 6.07) is 16.1. The Balaban J connectivity index is 1.42. The zero-order valence-corrected chi connectivity index (χ0v) is 17.4. The van der Waals surface area contributed by atoms with Crippen molar-refractivity contribution < 1.29 is 17.9 Å². The second-order valence-corrected chi connectivity index (χ2v) is 8.87. The van der Waals surface area contributed by atoms with Crippen LogP contribution in [0.1, 0.15) is 5.56 Å². The van der Waals surface area contributed by atoms with Crippen molar-refractivity contribution in [1.82, 2.24) is 14.5 Å². The molecule has 0 unspecified atom stereocenters. The van der Waals surface area contributed by atoms with Gasteiger partial charge in [0.2, 0.25) is 15.9 Å². The summed E-state index contributed by atoms with van der Waals surface area (Å²) in [6.07, 6.45) is 0.370. The van der Waals surface area contributed by atoms with Crippen LogP contribution in [0.15, 0.2) is 59.5 Å². The third-order valence-corrected chi connectivity index (χ3v) is 6.90. The summed E-state index contributed by atoms with van der Waals surface area (Å²) in [4.78, 5) is 14.5. The minimum Gasteiger partial charge on any atom is -0.497 e. The summed E-state index contributed by atoms with van der Waals surface area (Å²) in [5.41, 5.74) is 0.988. The lowest BCUT2D eigenvalue weighted by molar-refractivity contribution is -0.120. The summed E-state index contributed by atoms with van der Waals surface area (Å²) in [5, 5.41) is 2.93. The van der Waals surface area contributed by atoms with Gasteiger partial charge < -0.3 is 10.1 Å². The van der Waals surface area contributed by atoms with E-state index in [9.17, 15) is 13.2 Å². The Morgan fingerprint density at radius 1 is 1.00 bits per heavy atom. The van der Waals surface area contributed by atoms with E-state index in [1.165, 1.54) is 4.31 Å². The normalized spacial score (nSPS) is 15.8. The van der Waals surface area contributed by atoms with Crippen molar-refractivity contribution in [1.29, 1.82) is 0 Å². The van der Waals surface area contributed by atoms with E-state index in [0.29, 0.717) is 51.4 Å². The summed E-state index contributed by atoms with van der Waals surface area (Å²) < 4.78 is 32.2. The van der Waals surface area contributed by atoms with Crippen molar-refractivity contribution in [2.24, 2.45) is 0 Å². The molecule has 7 nitrogen and oxygen atoms in total. The zero-order chi connectivity index (χ0) is 20.7. The molecular weight excluding hydrogens is 390 g/mol. The van der Waals surface area contributed by atoms with E-state index < -0.39 is 10.0 Å². The average Bonchev–Trinajstić information content (AvgIpc) is 2.75. The first-order chi connectivity index (χ1) is 14.0. The van der Waals surface area contributed by atoms with Crippen LogP contribution in [0, 0.1) is 0 Å². The Labute approximate surface area is 172 Å². The highest BCUT2D eigenvalue weighted by Gasteiger charge is 2.28. The Morgan fingerprint density at radius 3 is 2.28 bits per heavy atom. The number of sulfonamides is 1. The summed E-state index contributed by atoms with van der Waals surface area (Å²) in [5.74, 6) is 0.625. The lowest BCUT2D eigenvalue weighted by atomic mass is 10.1. The van der Waals surface area contributed by atoms with Gasteiger partial charge in [-0.3, -0.25) is 9.69 Å². The molecule has 156 valence electrons. The van der Waals surface area contributed by atoms with E-state index in [1.54, 1.807) is 31.4 Å². The number of hydrogen-bond donors (Lipinski definition) is 1. The van der Waals surface area contributed by atoms with E-state index in [-0.39, 0.29) is 10.8 Å². The molecule has 0 radical (unpaired) electrons. The standard InChI is InChI=1S/C21H27N3O4S/c1-28-19-7-9-20(10-8-19)29(26,27)24-15-13-23(14-16-24)12-11-22-21(25)17-18-5-3-2-4-6-18/h2-10H,11-17H2,1H3,(H,22,25). The molecule has 0 aliphatic carbocycles. The predicted octanol–water partition coefficient (Wildman–Crippen LogP) is 1.36. The van der Waals surface area contributed by atoms with Crippen molar-refractivity contribution in [2.45, 2.75) is 11.3 Å². The second kappa shape index (κ2) is 9.87. The van der Waals surface area contributed by atoms with Crippen molar-refractivity contribution >= 4 is 15.9 Å². The van der Waals surface area contributed by atoms with Crippen LogP contribution in [0.25, 0.3) is 0 Å². The van der Waals surface area contributed by atoms with Crippen LogP contribution in [-0.4, -0.2) is 69.9 Å². The highest BCUT2D eigenvalue weighted by molar-refractivity contribution is 7.89. The highest BCUT2D eigenvalue weighted by Crippen LogP contribution is 2.20. The molecule has 8 heteroatoms. The Kier molecular flexibility index (Phi) is 7.24. The van der Waals surface area contributed by atoms with Crippen LogP contribution < -0.4 is 10.1 Å². The molecule has 0 aromatic heterocycles. The first-order valence-electron chi connectivity index (χ1n) is 9.66. The van der Waals surface area contributed by atoms with Gasteiger partial charge in [-0.1, -0.05) is 30.3 Å². The van der Waals surface area contributed by atoms with E-state index in [1.807, 2.05) is 30.3 Å². The number of carbonyl (C=O) groups excluding carboxylic acids is 1. The fourth-order valence-electron chi connectivity index (χ4n) is 3.29. The summed E-state index contributed by atoms with van der Waals surface area (Å²) >= 11 is 0. The lowest BCUT2D eigenvalue weighted by Gasteiger charge is -2.34. The number of carbonyl (C=O) groups is 1. The molecule has 1 aliphatic heterocycles. The first-order valence-corrected chi connectivity index (χ1v) is 11.1. The van der Waals surface area contributed by atoms with Crippen LogP contribution in [-0.2, 0) is 21.2 Å². The van der Waals surface area contributed by atoms with Gasteiger partial charge in [0.25, 0.3) is 0 Å². The molecule has 1 amide bonds. The minimum atomic E-state index is -3.50. The number of rotatable bonds is 8. The Morgan fingerprint density at radius 2 is 1.66 bits per heavy atom. The number of piperazine rings is 1. The van der Waals surface area contributed by atoms with Gasteiger partial charge in [0, 0.05) is 39.3 Å². The van der Waals surface area contributed by atoms with E-state index in [2.05, 4.69) is 10.2 Å². The van der Waals surface area contributed by atoms with Gasteiger partial charge >= 0.3 is 0 Å². The number of ether oxygens (including phenoxy) is 1. The summed E-state index contributed by atoms with van der Waals surface area (Å²) in [6.45, 7) is 3.42. The maximum Gasteiger partial charge on any atom is 0.243 e. The van der Waals surface area contributed by atoms with Gasteiger partial charge in [-0.15, -0.1) is 0 Å². The molecule has 2 aromatic rings. The molecule has 1 aliphatic rings. The van der Waals surface area contributed by atoms with Crippen molar-refractivity contribution in [3.05, 3.63) is 60.2 Å². The van der Waals surface area contributed by atoms with Gasteiger partial charge in [0.1, 0.15) is 5.75 Å². The van der Waals surface area contributed by atoms with Gasteiger partial charge in [0.15, 0.2) is 0 Å². The number of nitrogens with one attached hydrogen (secondary N) is 1. The largest absolute Gasteiger partial charge is 0.497 e. The van der Waals surface area contributed by atoms with Crippen molar-refractivity contribution in [3.8, 4) is 5.75 Å². The lowest BCUT2D eigenvalue weighted by Crippen LogP contribution is -2.50. The second-order valence-electron chi connectivity index (χ2n) is 6.93. The van der Waals surface area contributed by atoms with Crippen molar-refractivity contribution in [2.75, 3.05) is 46.4 Å². The predicted molar refractivity (Wildman–Crippen MR) is 111 cm³/mol. The quantitative estimate of drug-likeness (QED) is 0.702. The zero-order valence-electron chi connectivity index (χ0n) is 16.6. The molecule has 0 spiro atoms. The number of methoxy groups -OCH3 is 1. The molecule has 3 rings (SSSR count). The monoisotopic (exact) mass is 417 g/mol. The van der Waals surface area contributed by atoms with Crippen LogP contribution >= 0.6 is 0 Å². The van der Waals surface area contributed by atoms with Gasteiger partial charge in [0.05, 0.1) is 18.4 Å². The topological polar surface area (TPSA) is 79.0 Å². The van der Waals surface area contributed by atoms with Crippen LogP contribution in [0.5, 0.6) is 5.75 Å². The fraction of sp³-hybridized carbons (Fsp3) is 0.381. The third-order valence-electron chi connectivity index (χ3n) is 4.99. The maximum absolute atomic E-state index is 12.8. The third kappa shape index (κ3) is 5.79. The number of amides is 1. The number of hydrogen-bond acceptors (Lipinski definition) is 5. The number of benzene rings is 2. The molecule has 0 bridgehead atoms. The molecule has 0 atom stereocenters. The summed E-state index contributed by atoms with van der Waals surface area (Å²) in [7, 11) is -1.95. The molecule has 29 heavy (non-hydrogen) atoms. The van der Waals surface area contributed by atoms with Gasteiger partial charge in [-0.05, 0) is 29.8 Å². The molecule has 2 aromatic carbocycles. The average molecular weight is 418 g/mol. The number of nitrogens with zero attached hydrogens (tertiary/aromatic N) is 2. The van der Waals surface area contributed by atoms with Gasteiger partial charge in [-0.25, -0.2) is 8.42 Å². The molecule has 1 saturated heterocycles. The smallest absolute Gasteiger partial charge is 0.243 e. The van der Waals surface area contributed by atoms with Crippen LogP contribution in [0.4, 0.5) is 0 Å². The van der Waals surface area contributed by atoms with Crippen molar-refractivity contribution in [3.63, 3.8) is 0 Å². The molecule has 1 fully saturated rings. The van der Waals surface area contributed by atoms with Gasteiger partial charge in [-0.2, -0.15) is 4.31 Å². The van der Waals surface area contributed by atoms with Crippen LogP contribution in [0.3, 0.4) is 0 Å². The van der Waals surface area contributed by atoms with E-state index in [0.717, 1.165) is 5.56 Å². The first kappa shape index (κ1) is 21.3. The Bertz CT molecular complexity index is 893. The Hall–Kier alpha value is -2.42. The minimum absolute atomic E-state index is 0.00285. The molecule has 1 heterocycles. The maximum atomic E-state index is 12.8. The molecular formula is C21H27N3O4S. The van der Waals surface area contributed by atoms with Crippen LogP contribution in [0.2, 0.25) is 0 Å². The van der Waals surface area contributed by atoms with E-state index >= 15 is 0 Å².